The van der Waals surface area contributed by atoms with Gasteiger partial charge in [0.1, 0.15) is 5.82 Å². The van der Waals surface area contributed by atoms with E-state index in [1.165, 1.54) is 31.2 Å². The second-order valence-corrected chi connectivity index (χ2v) is 7.00. The minimum atomic E-state index is -0.501. The molecule has 1 heterocycles. The maximum atomic E-state index is 13.9. The third kappa shape index (κ3) is 3.93. The monoisotopic (exact) mass is 454 g/mol. The van der Waals surface area contributed by atoms with Crippen molar-refractivity contribution in [2.45, 2.75) is 6.92 Å². The number of hydrogen-bond donors (Lipinski definition) is 3. The Morgan fingerprint density at radius 1 is 1.24 bits per heavy atom. The minimum Gasteiger partial charge on any atom is -0.494 e. The molecular weight excluding hydrogens is 439 g/mol. The molecule has 3 rings (SSSR count). The lowest BCUT2D eigenvalue weighted by molar-refractivity contribution is 0.0933. The molecule has 2 aromatic carbocycles. The number of fused-ring (bicyclic) bond motifs is 1. The van der Waals surface area contributed by atoms with Gasteiger partial charge in [0.2, 0.25) is 11.8 Å². The number of hydrogen-bond acceptors (Lipinski definition) is 5. The van der Waals surface area contributed by atoms with E-state index in [1.54, 1.807) is 24.3 Å². The third-order valence-electron chi connectivity index (χ3n) is 4.20. The van der Waals surface area contributed by atoms with Crippen LogP contribution >= 0.6 is 15.9 Å². The molecule has 29 heavy (non-hydrogen) atoms. The topological polar surface area (TPSA) is 102 Å². The van der Waals surface area contributed by atoms with Crippen LogP contribution in [-0.4, -0.2) is 33.7 Å². The largest absolute Gasteiger partial charge is 0.494 e. The van der Waals surface area contributed by atoms with Crippen molar-refractivity contribution in [1.82, 2.24) is 4.57 Å². The molecule has 6 nitrogen and oxygen atoms in total. The first-order valence-electron chi connectivity index (χ1n) is 8.47. The van der Waals surface area contributed by atoms with E-state index in [2.05, 4.69) is 20.9 Å². The highest BCUT2D eigenvalue weighted by Gasteiger charge is 2.24. The van der Waals surface area contributed by atoms with Gasteiger partial charge in [0.15, 0.2) is 0 Å². The van der Waals surface area contributed by atoms with Crippen molar-refractivity contribution in [1.29, 1.82) is 10.8 Å². The van der Waals surface area contributed by atoms with Crippen LogP contribution in [0.4, 0.5) is 4.39 Å². The fourth-order valence-corrected chi connectivity index (χ4v) is 3.40. The lowest BCUT2D eigenvalue weighted by atomic mass is 10.0. The molecule has 0 bridgehead atoms. The van der Waals surface area contributed by atoms with Crippen LogP contribution in [0, 0.1) is 16.6 Å². The van der Waals surface area contributed by atoms with Gasteiger partial charge in [0.05, 0.1) is 22.5 Å². The predicted octanol–water partition coefficient (Wildman–Crippen LogP) is 4.93. The molecule has 0 unspecified atom stereocenters. The second kappa shape index (κ2) is 8.32. The standard InChI is InChI=1S/C21H16BrFN4O2/c1-12(28)27-18-6-5-14(22)10-17(18)19(21(27)29)20(26-16(11-25)7-8-24)13-3-2-4-15(23)9-13/h2-11,24-25,29H,1H3/b16-7+,24-8?,25-11?,26-20?. The van der Waals surface area contributed by atoms with Crippen molar-refractivity contribution < 1.29 is 14.3 Å². The van der Waals surface area contributed by atoms with Gasteiger partial charge >= 0.3 is 0 Å². The first kappa shape index (κ1) is 20.3. The number of nitrogens with zero attached hydrogens (tertiary/aromatic N) is 2. The molecule has 3 N–H and O–H groups in total. The van der Waals surface area contributed by atoms with Gasteiger partial charge in [-0.05, 0) is 36.4 Å². The van der Waals surface area contributed by atoms with Crippen LogP contribution in [0.3, 0.4) is 0 Å². The number of rotatable bonds is 5. The molecular formula is C21H16BrFN4O2. The number of aromatic nitrogens is 1. The van der Waals surface area contributed by atoms with E-state index in [0.29, 0.717) is 20.9 Å². The van der Waals surface area contributed by atoms with E-state index in [-0.39, 0.29) is 22.9 Å². The van der Waals surface area contributed by atoms with Crippen LogP contribution in [-0.2, 0) is 0 Å². The van der Waals surface area contributed by atoms with Crippen molar-refractivity contribution in [2.24, 2.45) is 4.99 Å². The Hall–Kier alpha value is -3.39. The quantitative estimate of drug-likeness (QED) is 0.475. The highest BCUT2D eigenvalue weighted by Crippen LogP contribution is 2.35. The summed E-state index contributed by atoms with van der Waals surface area (Å²) in [6.07, 6.45) is 3.22. The van der Waals surface area contributed by atoms with E-state index in [4.69, 9.17) is 10.8 Å². The number of carbonyl (C=O) groups excluding carboxylic acids is 1. The smallest absolute Gasteiger partial charge is 0.230 e. The Kier molecular flexibility index (Phi) is 5.84. The lowest BCUT2D eigenvalue weighted by Gasteiger charge is -2.08. The Morgan fingerprint density at radius 3 is 2.62 bits per heavy atom. The number of halogens is 2. The summed E-state index contributed by atoms with van der Waals surface area (Å²) in [4.78, 5) is 16.6. The van der Waals surface area contributed by atoms with E-state index >= 15 is 0 Å². The summed E-state index contributed by atoms with van der Waals surface area (Å²) < 4.78 is 15.8. The molecule has 3 aromatic rings. The number of nitrogens with one attached hydrogen (secondary N) is 2. The van der Waals surface area contributed by atoms with Gasteiger partial charge in [0.25, 0.3) is 0 Å². The summed E-state index contributed by atoms with van der Waals surface area (Å²) in [5.41, 5.74) is 1.32. The van der Waals surface area contributed by atoms with Gasteiger partial charge in [-0.15, -0.1) is 0 Å². The van der Waals surface area contributed by atoms with Gasteiger partial charge in [0, 0.05) is 34.8 Å². The summed E-state index contributed by atoms with van der Waals surface area (Å²) in [5.74, 6) is -1.24. The maximum Gasteiger partial charge on any atom is 0.230 e. The molecule has 0 radical (unpaired) electrons. The molecule has 0 aliphatic rings. The van der Waals surface area contributed by atoms with E-state index in [0.717, 1.165) is 17.0 Å². The zero-order chi connectivity index (χ0) is 21.1. The molecule has 0 fully saturated rings. The average molecular weight is 455 g/mol. The normalized spacial score (nSPS) is 12.2. The van der Waals surface area contributed by atoms with Gasteiger partial charge in [-0.3, -0.25) is 9.36 Å². The zero-order valence-electron chi connectivity index (χ0n) is 15.3. The highest BCUT2D eigenvalue weighted by molar-refractivity contribution is 9.10. The Labute approximate surface area is 174 Å². The summed E-state index contributed by atoms with van der Waals surface area (Å²) in [7, 11) is 0. The van der Waals surface area contributed by atoms with E-state index in [9.17, 15) is 14.3 Å². The fourth-order valence-electron chi connectivity index (χ4n) is 3.03. The van der Waals surface area contributed by atoms with Crippen LogP contribution in [0.25, 0.3) is 10.9 Å². The Morgan fingerprint density at radius 2 is 2.00 bits per heavy atom. The van der Waals surface area contributed by atoms with Crippen LogP contribution in [0.1, 0.15) is 22.8 Å². The van der Waals surface area contributed by atoms with Gasteiger partial charge in [-0.25, -0.2) is 9.38 Å². The maximum absolute atomic E-state index is 13.9. The molecule has 0 saturated carbocycles. The van der Waals surface area contributed by atoms with Crippen molar-refractivity contribution in [3.8, 4) is 5.88 Å². The Balaban J connectivity index is 2.46. The average Bonchev–Trinajstić information content (AvgIpc) is 2.96. The molecule has 1 aromatic heterocycles. The van der Waals surface area contributed by atoms with Gasteiger partial charge < -0.3 is 15.9 Å². The number of carbonyl (C=O) groups is 1. The summed E-state index contributed by atoms with van der Waals surface area (Å²) in [6.45, 7) is 1.32. The first-order chi connectivity index (χ1) is 13.9. The first-order valence-corrected chi connectivity index (χ1v) is 9.26. The summed E-state index contributed by atoms with van der Waals surface area (Å²) in [5, 5.41) is 26.2. The minimum absolute atomic E-state index is 0.123. The third-order valence-corrected chi connectivity index (χ3v) is 4.69. The number of aromatic hydroxyl groups is 1. The van der Waals surface area contributed by atoms with Crippen molar-refractivity contribution in [2.75, 3.05) is 0 Å². The predicted molar refractivity (Wildman–Crippen MR) is 115 cm³/mol. The van der Waals surface area contributed by atoms with Crippen molar-refractivity contribution >= 4 is 50.9 Å². The molecule has 0 aliphatic carbocycles. The molecule has 0 amide bonds. The van der Waals surface area contributed by atoms with Crippen LogP contribution in [0.5, 0.6) is 5.88 Å². The lowest BCUT2D eigenvalue weighted by Crippen LogP contribution is -2.07. The number of aliphatic imine (C=N–C) groups is 1. The van der Waals surface area contributed by atoms with Gasteiger partial charge in [-0.2, -0.15) is 0 Å². The number of benzene rings is 2. The SMILES string of the molecule is CC(=O)n1c(O)c(C(=N/C(C=N)=C/C=N)c2cccc(F)c2)c2cc(Br)ccc21. The highest BCUT2D eigenvalue weighted by atomic mass is 79.9. The Bertz CT molecular complexity index is 1210. The fraction of sp³-hybridized carbons (Fsp3) is 0.0476. The molecule has 0 aliphatic heterocycles. The molecule has 0 atom stereocenters. The second-order valence-electron chi connectivity index (χ2n) is 6.09. The van der Waals surface area contributed by atoms with Crippen LogP contribution in [0.2, 0.25) is 0 Å². The van der Waals surface area contributed by atoms with E-state index in [1.807, 2.05) is 0 Å². The van der Waals surface area contributed by atoms with Crippen molar-refractivity contribution in [3.05, 3.63) is 75.7 Å². The number of allylic oxidation sites excluding steroid dienone is 2. The molecule has 0 saturated heterocycles. The zero-order valence-corrected chi connectivity index (χ0v) is 16.9. The van der Waals surface area contributed by atoms with Crippen LogP contribution in [0.15, 0.2) is 63.7 Å². The summed E-state index contributed by atoms with van der Waals surface area (Å²) >= 11 is 3.39. The molecule has 146 valence electrons. The summed E-state index contributed by atoms with van der Waals surface area (Å²) in [6, 6.07) is 10.8. The molecule has 0 spiro atoms. The van der Waals surface area contributed by atoms with E-state index < -0.39 is 11.7 Å². The van der Waals surface area contributed by atoms with Crippen LogP contribution < -0.4 is 0 Å². The van der Waals surface area contributed by atoms with Crippen molar-refractivity contribution in [3.63, 3.8) is 0 Å². The van der Waals surface area contributed by atoms with Gasteiger partial charge in [-0.1, -0.05) is 28.1 Å². The molecule has 8 heteroatoms.